The number of nitrogens with one attached hydrogen (secondary N) is 1. The van der Waals surface area contributed by atoms with Crippen molar-refractivity contribution in [3.05, 3.63) is 101 Å². The SMILES string of the molecule is C=C(NC1=NC(c2ccccc2C(F)(F)F)N(C)c2c(OC)cccc21)c1cccc(F)c1C.CCCCCC. The van der Waals surface area contributed by atoms with Gasteiger partial charge in [0.15, 0.2) is 0 Å². The number of rotatable bonds is 7. The van der Waals surface area contributed by atoms with Crippen molar-refractivity contribution in [2.24, 2.45) is 4.99 Å². The molecular formula is C32H37F4N3O. The van der Waals surface area contributed by atoms with Crippen LogP contribution in [0.4, 0.5) is 23.2 Å². The lowest BCUT2D eigenvalue weighted by atomic mass is 9.99. The molecule has 0 fully saturated rings. The normalized spacial score (nSPS) is 14.5. The smallest absolute Gasteiger partial charge is 0.416 e. The fourth-order valence-electron chi connectivity index (χ4n) is 4.65. The van der Waals surface area contributed by atoms with Crippen LogP contribution in [0.2, 0.25) is 0 Å². The molecule has 1 heterocycles. The van der Waals surface area contributed by atoms with Crippen LogP contribution < -0.4 is 15.0 Å². The van der Waals surface area contributed by atoms with E-state index >= 15 is 0 Å². The number of fused-ring (bicyclic) bond motifs is 1. The van der Waals surface area contributed by atoms with Crippen LogP contribution >= 0.6 is 0 Å². The number of nitrogens with zero attached hydrogens (tertiary/aromatic N) is 2. The van der Waals surface area contributed by atoms with Gasteiger partial charge in [0.05, 0.1) is 18.4 Å². The summed E-state index contributed by atoms with van der Waals surface area (Å²) in [6.07, 6.45) is -0.0102. The largest absolute Gasteiger partial charge is 0.495 e. The lowest BCUT2D eigenvalue weighted by molar-refractivity contribution is -0.138. The Balaban J connectivity index is 0.000000663. The Bertz CT molecular complexity index is 1350. The summed E-state index contributed by atoms with van der Waals surface area (Å²) in [7, 11) is 3.17. The minimum absolute atomic E-state index is 0.000837. The number of ether oxygens (including phenoxy) is 1. The standard InChI is InChI=1S/C26H23F4N3O.C6H14/c1-15-17(10-7-13-21(15)27)16(2)31-24-19-11-8-14-22(34-4)23(19)33(3)25(32-24)18-9-5-6-12-20(18)26(28,29)30;1-3-5-6-4-2/h5-14,25H,2H2,1,3-4H3,(H,31,32);3-6H2,1-2H3. The van der Waals surface area contributed by atoms with Crippen LogP contribution in [0.25, 0.3) is 5.70 Å². The Hall–Kier alpha value is -3.81. The van der Waals surface area contributed by atoms with E-state index in [1.54, 1.807) is 55.3 Å². The zero-order valence-corrected chi connectivity index (χ0v) is 23.7. The fraction of sp³-hybridized carbons (Fsp3) is 0.344. The predicted molar refractivity (Wildman–Crippen MR) is 155 cm³/mol. The van der Waals surface area contributed by atoms with Gasteiger partial charge in [0, 0.05) is 29.4 Å². The van der Waals surface area contributed by atoms with Crippen LogP contribution in [0, 0.1) is 12.7 Å². The zero-order chi connectivity index (χ0) is 29.4. The molecule has 0 amide bonds. The Labute approximate surface area is 234 Å². The number of benzene rings is 3. The maximum absolute atomic E-state index is 14.1. The number of methoxy groups -OCH3 is 1. The van der Waals surface area contributed by atoms with Gasteiger partial charge < -0.3 is 15.0 Å². The summed E-state index contributed by atoms with van der Waals surface area (Å²) in [5.41, 5.74) is 1.74. The van der Waals surface area contributed by atoms with E-state index in [1.165, 1.54) is 51.0 Å². The Morgan fingerprint density at radius 1 is 1.00 bits per heavy atom. The Kier molecular flexibility index (Phi) is 10.4. The van der Waals surface area contributed by atoms with Crippen molar-refractivity contribution in [3.8, 4) is 5.75 Å². The van der Waals surface area contributed by atoms with Gasteiger partial charge in [0.1, 0.15) is 23.6 Å². The van der Waals surface area contributed by atoms with Gasteiger partial charge in [-0.15, -0.1) is 0 Å². The van der Waals surface area contributed by atoms with Gasteiger partial charge in [-0.25, -0.2) is 9.38 Å². The summed E-state index contributed by atoms with van der Waals surface area (Å²) >= 11 is 0. The highest BCUT2D eigenvalue weighted by Crippen LogP contribution is 2.44. The number of unbranched alkanes of at least 4 members (excludes halogenated alkanes) is 3. The number of para-hydroxylation sites is 1. The summed E-state index contributed by atoms with van der Waals surface area (Å²) in [4.78, 5) is 6.32. The first-order chi connectivity index (χ1) is 19.0. The van der Waals surface area contributed by atoms with Gasteiger partial charge in [-0.3, -0.25) is 0 Å². The Morgan fingerprint density at radius 3 is 2.27 bits per heavy atom. The zero-order valence-electron chi connectivity index (χ0n) is 23.7. The molecule has 0 saturated carbocycles. The number of hydrogen-bond donors (Lipinski definition) is 1. The number of amidine groups is 1. The third-order valence-corrected chi connectivity index (χ3v) is 6.81. The van der Waals surface area contributed by atoms with Crippen LogP contribution in [0.1, 0.15) is 73.5 Å². The van der Waals surface area contributed by atoms with E-state index in [1.807, 2.05) is 0 Å². The first-order valence-electron chi connectivity index (χ1n) is 13.4. The van der Waals surface area contributed by atoms with Crippen molar-refractivity contribution in [3.63, 3.8) is 0 Å². The number of halogens is 4. The van der Waals surface area contributed by atoms with Gasteiger partial charge in [-0.05, 0) is 36.8 Å². The molecule has 4 rings (SSSR count). The molecule has 214 valence electrons. The highest BCUT2D eigenvalue weighted by molar-refractivity contribution is 6.09. The highest BCUT2D eigenvalue weighted by Gasteiger charge is 2.38. The molecule has 3 aromatic rings. The van der Waals surface area contributed by atoms with Crippen molar-refractivity contribution in [2.45, 2.75) is 58.8 Å². The Morgan fingerprint density at radius 2 is 1.65 bits per heavy atom. The van der Waals surface area contributed by atoms with Crippen LogP contribution in [-0.2, 0) is 6.18 Å². The molecule has 3 aromatic carbocycles. The molecule has 0 spiro atoms. The monoisotopic (exact) mass is 555 g/mol. The molecule has 0 aromatic heterocycles. The molecule has 0 bridgehead atoms. The van der Waals surface area contributed by atoms with E-state index < -0.39 is 17.9 Å². The predicted octanol–water partition coefficient (Wildman–Crippen LogP) is 8.90. The van der Waals surface area contributed by atoms with Crippen LogP contribution in [-0.4, -0.2) is 20.0 Å². The maximum atomic E-state index is 14.1. The fourth-order valence-corrected chi connectivity index (χ4v) is 4.65. The van der Waals surface area contributed by atoms with Crippen LogP contribution in [0.5, 0.6) is 5.75 Å². The molecule has 40 heavy (non-hydrogen) atoms. The van der Waals surface area contributed by atoms with E-state index in [9.17, 15) is 17.6 Å². The van der Waals surface area contributed by atoms with Gasteiger partial charge in [0.25, 0.3) is 0 Å². The molecule has 1 N–H and O–H groups in total. The second-order valence-corrected chi connectivity index (χ2v) is 9.63. The second-order valence-electron chi connectivity index (χ2n) is 9.63. The lowest BCUT2D eigenvalue weighted by Gasteiger charge is -2.36. The number of hydrogen-bond acceptors (Lipinski definition) is 4. The summed E-state index contributed by atoms with van der Waals surface area (Å²) in [5, 5.41) is 3.11. The van der Waals surface area contributed by atoms with Crippen molar-refractivity contribution < 1.29 is 22.3 Å². The third-order valence-electron chi connectivity index (χ3n) is 6.81. The number of alkyl halides is 3. The molecule has 0 saturated heterocycles. The summed E-state index contributed by atoms with van der Waals surface area (Å²) in [6.45, 7) is 10.1. The van der Waals surface area contributed by atoms with Crippen molar-refractivity contribution >= 4 is 17.2 Å². The average Bonchev–Trinajstić information content (AvgIpc) is 2.94. The second kappa shape index (κ2) is 13.5. The molecule has 0 radical (unpaired) electrons. The maximum Gasteiger partial charge on any atom is 0.416 e. The third kappa shape index (κ3) is 6.84. The van der Waals surface area contributed by atoms with Crippen LogP contribution in [0.3, 0.4) is 0 Å². The summed E-state index contributed by atoms with van der Waals surface area (Å²) < 4.78 is 61.1. The molecule has 1 atom stereocenters. The van der Waals surface area contributed by atoms with E-state index in [2.05, 4.69) is 30.7 Å². The lowest BCUT2D eigenvalue weighted by Crippen LogP contribution is -2.36. The first-order valence-corrected chi connectivity index (χ1v) is 13.4. The summed E-state index contributed by atoms with van der Waals surface area (Å²) in [5.74, 6) is 0.406. The van der Waals surface area contributed by atoms with Gasteiger partial charge >= 0.3 is 6.18 Å². The topological polar surface area (TPSA) is 36.9 Å². The number of aliphatic imine (C=N–C) groups is 1. The van der Waals surface area contributed by atoms with E-state index in [-0.39, 0.29) is 11.4 Å². The van der Waals surface area contributed by atoms with Crippen molar-refractivity contribution in [2.75, 3.05) is 19.1 Å². The van der Waals surface area contributed by atoms with Gasteiger partial charge in [-0.1, -0.05) is 82.5 Å². The molecule has 1 aliphatic rings. The highest BCUT2D eigenvalue weighted by atomic mass is 19.4. The first kappa shape index (κ1) is 30.7. The summed E-state index contributed by atoms with van der Waals surface area (Å²) in [6, 6.07) is 15.3. The number of anilines is 1. The van der Waals surface area contributed by atoms with Gasteiger partial charge in [-0.2, -0.15) is 13.2 Å². The average molecular weight is 556 g/mol. The molecule has 1 aliphatic heterocycles. The quantitative estimate of drug-likeness (QED) is 0.234. The molecule has 1 unspecified atom stereocenters. The molecule has 4 nitrogen and oxygen atoms in total. The molecule has 8 heteroatoms. The minimum Gasteiger partial charge on any atom is -0.495 e. The minimum atomic E-state index is -4.55. The van der Waals surface area contributed by atoms with Crippen LogP contribution in [0.15, 0.2) is 72.2 Å². The molecular weight excluding hydrogens is 518 g/mol. The van der Waals surface area contributed by atoms with Crippen molar-refractivity contribution in [1.29, 1.82) is 0 Å². The van der Waals surface area contributed by atoms with E-state index in [4.69, 9.17) is 4.74 Å². The van der Waals surface area contributed by atoms with E-state index in [0.29, 0.717) is 39.7 Å². The molecule has 0 aliphatic carbocycles. The van der Waals surface area contributed by atoms with Gasteiger partial charge in [0.2, 0.25) is 0 Å². The van der Waals surface area contributed by atoms with E-state index in [0.717, 1.165) is 6.07 Å². The van der Waals surface area contributed by atoms with Crippen molar-refractivity contribution in [1.82, 2.24) is 5.32 Å².